The van der Waals surface area contributed by atoms with E-state index in [0.29, 0.717) is 30.0 Å². The zero-order chi connectivity index (χ0) is 17.1. The lowest BCUT2D eigenvalue weighted by Crippen LogP contribution is -2.46. The molecule has 1 unspecified atom stereocenters. The lowest BCUT2D eigenvalue weighted by Gasteiger charge is -2.24. The van der Waals surface area contributed by atoms with Crippen LogP contribution >= 0.6 is 0 Å². The largest absolute Gasteiger partial charge is 0.481 e. The molecule has 1 aromatic carbocycles. The Morgan fingerprint density at radius 2 is 2.04 bits per heavy atom. The maximum atomic E-state index is 12.7. The molecule has 8 nitrogen and oxygen atoms in total. The Kier molecular flexibility index (Phi) is 4.54. The number of benzene rings is 1. The van der Waals surface area contributed by atoms with Crippen molar-refractivity contribution in [3.63, 3.8) is 0 Å². The quantitative estimate of drug-likeness (QED) is 0.817. The predicted octanol–water partition coefficient (Wildman–Crippen LogP) is 0.611. The Labute approximate surface area is 138 Å². The molecule has 2 heterocycles. The van der Waals surface area contributed by atoms with Crippen LogP contribution in [0.5, 0.6) is 11.5 Å². The number of rotatable bonds is 5. The first-order valence-electron chi connectivity index (χ1n) is 7.76. The van der Waals surface area contributed by atoms with E-state index in [1.54, 1.807) is 18.2 Å². The van der Waals surface area contributed by atoms with Crippen LogP contribution in [0.2, 0.25) is 0 Å². The van der Waals surface area contributed by atoms with E-state index >= 15 is 0 Å². The summed E-state index contributed by atoms with van der Waals surface area (Å²) >= 11 is 0. The van der Waals surface area contributed by atoms with E-state index in [0.717, 1.165) is 6.42 Å². The molecule has 1 aromatic rings. The minimum atomic E-state index is -0.977. The minimum Gasteiger partial charge on any atom is -0.481 e. The molecule has 0 aliphatic carbocycles. The predicted molar refractivity (Wildman–Crippen MR) is 81.9 cm³/mol. The van der Waals surface area contributed by atoms with Crippen LogP contribution in [0.25, 0.3) is 0 Å². The molecule has 2 amide bonds. The second-order valence-corrected chi connectivity index (χ2v) is 5.66. The first-order chi connectivity index (χ1) is 11.6. The summed E-state index contributed by atoms with van der Waals surface area (Å²) in [5, 5.41) is 11.2. The number of nitrogens with one attached hydrogen (secondary N) is 1. The fourth-order valence-corrected chi connectivity index (χ4v) is 2.89. The van der Waals surface area contributed by atoms with Gasteiger partial charge in [-0.3, -0.25) is 14.4 Å². The third-order valence-corrected chi connectivity index (χ3v) is 4.07. The normalized spacial score (nSPS) is 18.5. The fraction of sp³-hybridized carbons (Fsp3) is 0.438. The number of carbonyl (C=O) groups excluding carboxylic acids is 2. The van der Waals surface area contributed by atoms with Crippen molar-refractivity contribution in [2.75, 3.05) is 19.9 Å². The van der Waals surface area contributed by atoms with Crippen molar-refractivity contribution in [2.24, 2.45) is 0 Å². The highest BCUT2D eigenvalue weighted by molar-refractivity contribution is 5.98. The molecule has 0 saturated carbocycles. The highest BCUT2D eigenvalue weighted by atomic mass is 16.7. The van der Waals surface area contributed by atoms with E-state index in [-0.39, 0.29) is 31.6 Å². The summed E-state index contributed by atoms with van der Waals surface area (Å²) in [6, 6.07) is 4.36. The van der Waals surface area contributed by atoms with Gasteiger partial charge in [0, 0.05) is 18.7 Å². The van der Waals surface area contributed by atoms with Gasteiger partial charge in [0.1, 0.15) is 6.04 Å². The topological polar surface area (TPSA) is 105 Å². The molecular weight excluding hydrogens is 316 g/mol. The van der Waals surface area contributed by atoms with Gasteiger partial charge in [-0.1, -0.05) is 0 Å². The van der Waals surface area contributed by atoms with E-state index < -0.39 is 12.0 Å². The summed E-state index contributed by atoms with van der Waals surface area (Å²) in [5.74, 6) is -0.430. The lowest BCUT2D eigenvalue weighted by molar-refractivity contribution is -0.137. The van der Waals surface area contributed by atoms with Gasteiger partial charge < -0.3 is 24.8 Å². The summed E-state index contributed by atoms with van der Waals surface area (Å²) in [7, 11) is 0. The summed E-state index contributed by atoms with van der Waals surface area (Å²) < 4.78 is 10.5. The molecule has 0 bridgehead atoms. The minimum absolute atomic E-state index is 0.0523. The smallest absolute Gasteiger partial charge is 0.305 e. The van der Waals surface area contributed by atoms with Gasteiger partial charge >= 0.3 is 5.97 Å². The van der Waals surface area contributed by atoms with Gasteiger partial charge in [0.2, 0.25) is 12.7 Å². The van der Waals surface area contributed by atoms with E-state index in [1.807, 2.05) is 0 Å². The van der Waals surface area contributed by atoms with Gasteiger partial charge in [0.25, 0.3) is 5.91 Å². The zero-order valence-electron chi connectivity index (χ0n) is 13.0. The van der Waals surface area contributed by atoms with Crippen LogP contribution in [0, 0.1) is 0 Å². The Bertz CT molecular complexity index is 675. The van der Waals surface area contributed by atoms with Gasteiger partial charge in [-0.05, 0) is 31.0 Å². The summed E-state index contributed by atoms with van der Waals surface area (Å²) in [4.78, 5) is 37.0. The highest BCUT2D eigenvalue weighted by Gasteiger charge is 2.34. The van der Waals surface area contributed by atoms with Crippen molar-refractivity contribution in [1.82, 2.24) is 10.2 Å². The summed E-state index contributed by atoms with van der Waals surface area (Å²) in [5.41, 5.74) is 0.435. The number of ether oxygens (including phenoxy) is 2. The van der Waals surface area contributed by atoms with Crippen LogP contribution in [0.3, 0.4) is 0 Å². The van der Waals surface area contributed by atoms with Crippen LogP contribution in [0.4, 0.5) is 0 Å². The molecule has 128 valence electrons. The number of carboxylic acids is 1. The number of aliphatic carboxylic acids is 1. The van der Waals surface area contributed by atoms with Crippen LogP contribution in [-0.2, 0) is 9.59 Å². The average molecular weight is 334 g/mol. The number of likely N-dealkylation sites (tertiary alicyclic amines) is 1. The first-order valence-corrected chi connectivity index (χ1v) is 7.76. The van der Waals surface area contributed by atoms with Crippen molar-refractivity contribution in [3.8, 4) is 11.5 Å². The number of nitrogens with zero attached hydrogens (tertiary/aromatic N) is 1. The van der Waals surface area contributed by atoms with Gasteiger partial charge in [-0.2, -0.15) is 0 Å². The third-order valence-electron chi connectivity index (χ3n) is 4.07. The molecule has 1 saturated heterocycles. The monoisotopic (exact) mass is 334 g/mol. The number of carboxylic acid groups (broad SMARTS) is 1. The van der Waals surface area contributed by atoms with Gasteiger partial charge in [-0.25, -0.2) is 0 Å². The van der Waals surface area contributed by atoms with Gasteiger partial charge in [-0.15, -0.1) is 0 Å². The third kappa shape index (κ3) is 3.27. The fourth-order valence-electron chi connectivity index (χ4n) is 2.89. The second kappa shape index (κ2) is 6.77. The summed E-state index contributed by atoms with van der Waals surface area (Å²) in [6.07, 6.45) is 1.15. The number of amides is 2. The lowest BCUT2D eigenvalue weighted by atomic mass is 10.1. The molecule has 2 aliphatic heterocycles. The van der Waals surface area contributed by atoms with Crippen molar-refractivity contribution in [2.45, 2.75) is 25.3 Å². The molecule has 2 N–H and O–H groups in total. The average Bonchev–Trinajstić information content (AvgIpc) is 3.22. The Morgan fingerprint density at radius 1 is 1.25 bits per heavy atom. The van der Waals surface area contributed by atoms with Crippen molar-refractivity contribution in [1.29, 1.82) is 0 Å². The Hall–Kier alpha value is -2.77. The van der Waals surface area contributed by atoms with E-state index in [9.17, 15) is 14.4 Å². The molecule has 0 radical (unpaired) electrons. The van der Waals surface area contributed by atoms with Crippen molar-refractivity contribution in [3.05, 3.63) is 23.8 Å². The Balaban J connectivity index is 1.67. The molecule has 0 spiro atoms. The SMILES string of the molecule is O=C(O)CCNC(=O)C1CCCN1C(=O)c1ccc2c(c1)OCO2. The second-order valence-electron chi connectivity index (χ2n) is 5.66. The number of hydrogen-bond acceptors (Lipinski definition) is 5. The zero-order valence-corrected chi connectivity index (χ0v) is 13.0. The van der Waals surface area contributed by atoms with Crippen LogP contribution < -0.4 is 14.8 Å². The maximum Gasteiger partial charge on any atom is 0.305 e. The molecule has 0 aromatic heterocycles. The molecule has 24 heavy (non-hydrogen) atoms. The van der Waals surface area contributed by atoms with Gasteiger partial charge in [0.15, 0.2) is 11.5 Å². The van der Waals surface area contributed by atoms with Crippen LogP contribution in [0.1, 0.15) is 29.6 Å². The van der Waals surface area contributed by atoms with E-state index in [4.69, 9.17) is 14.6 Å². The van der Waals surface area contributed by atoms with Gasteiger partial charge in [0.05, 0.1) is 6.42 Å². The molecule has 2 aliphatic rings. The Morgan fingerprint density at radius 3 is 2.83 bits per heavy atom. The number of hydrogen-bond donors (Lipinski definition) is 2. The molecule has 3 rings (SSSR count). The maximum absolute atomic E-state index is 12.7. The molecule has 1 fully saturated rings. The number of carbonyl (C=O) groups is 3. The standard InChI is InChI=1S/C16H18N2O6/c19-14(20)5-6-17-15(21)11-2-1-7-18(11)16(22)10-3-4-12-13(8-10)24-9-23-12/h3-4,8,11H,1-2,5-7,9H2,(H,17,21)(H,19,20). The highest BCUT2D eigenvalue weighted by Crippen LogP contribution is 2.33. The summed E-state index contributed by atoms with van der Waals surface area (Å²) in [6.45, 7) is 0.673. The van der Waals surface area contributed by atoms with Crippen molar-refractivity contribution < 1.29 is 29.0 Å². The molecule has 8 heteroatoms. The first kappa shape index (κ1) is 16.1. The van der Waals surface area contributed by atoms with Crippen molar-refractivity contribution >= 4 is 17.8 Å². The van der Waals surface area contributed by atoms with E-state index in [2.05, 4.69) is 5.32 Å². The van der Waals surface area contributed by atoms with Crippen LogP contribution in [-0.4, -0.2) is 53.7 Å². The number of fused-ring (bicyclic) bond motifs is 1. The molecular formula is C16H18N2O6. The van der Waals surface area contributed by atoms with E-state index in [1.165, 1.54) is 4.90 Å². The molecule has 1 atom stereocenters. The van der Waals surface area contributed by atoms with Crippen LogP contribution in [0.15, 0.2) is 18.2 Å².